The van der Waals surface area contributed by atoms with Gasteiger partial charge in [-0.3, -0.25) is 9.67 Å². The first-order chi connectivity index (χ1) is 13.3. The minimum atomic E-state index is 0. The summed E-state index contributed by atoms with van der Waals surface area (Å²) in [6.07, 6.45) is 6.32. The van der Waals surface area contributed by atoms with Crippen LogP contribution in [-0.2, 0) is 13.1 Å². The quantitative estimate of drug-likeness (QED) is 0.335. The molecule has 154 valence electrons. The van der Waals surface area contributed by atoms with E-state index >= 15 is 0 Å². The Kier molecular flexibility index (Phi) is 9.77. The van der Waals surface area contributed by atoms with Crippen molar-refractivity contribution >= 4 is 29.9 Å². The van der Waals surface area contributed by atoms with Crippen molar-refractivity contribution in [2.24, 2.45) is 10.9 Å². The second-order valence-electron chi connectivity index (χ2n) is 7.23. The molecule has 0 spiro atoms. The molecule has 0 saturated carbocycles. The summed E-state index contributed by atoms with van der Waals surface area (Å²) in [6, 6.07) is 10.4. The predicted molar refractivity (Wildman–Crippen MR) is 126 cm³/mol. The van der Waals surface area contributed by atoms with Crippen molar-refractivity contribution in [2.45, 2.75) is 32.9 Å². The number of aliphatic imine (C=N–C) groups is 1. The molecule has 1 fully saturated rings. The van der Waals surface area contributed by atoms with Crippen LogP contribution in [0.3, 0.4) is 0 Å². The molecule has 1 unspecified atom stereocenters. The third kappa shape index (κ3) is 6.77. The van der Waals surface area contributed by atoms with Gasteiger partial charge in [0.05, 0.1) is 6.54 Å². The number of likely N-dealkylation sites (tertiary alicyclic amines) is 1. The second kappa shape index (κ2) is 12.1. The lowest BCUT2D eigenvalue weighted by molar-refractivity contribution is 0.324. The first-order valence-corrected chi connectivity index (χ1v) is 9.99. The summed E-state index contributed by atoms with van der Waals surface area (Å²) in [5.74, 6) is 1.58. The van der Waals surface area contributed by atoms with Gasteiger partial charge in [0, 0.05) is 39.1 Å². The molecule has 0 amide bonds. The van der Waals surface area contributed by atoms with Gasteiger partial charge in [-0.25, -0.2) is 0 Å². The fourth-order valence-corrected chi connectivity index (χ4v) is 3.69. The van der Waals surface area contributed by atoms with Gasteiger partial charge < -0.3 is 15.5 Å². The van der Waals surface area contributed by atoms with Crippen molar-refractivity contribution < 1.29 is 0 Å². The maximum absolute atomic E-state index is 4.39. The molecule has 0 bridgehead atoms. The first kappa shape index (κ1) is 22.7. The van der Waals surface area contributed by atoms with E-state index in [-0.39, 0.29) is 24.0 Å². The lowest BCUT2D eigenvalue weighted by Gasteiger charge is -2.17. The fourth-order valence-electron chi connectivity index (χ4n) is 3.69. The van der Waals surface area contributed by atoms with Gasteiger partial charge in [-0.2, -0.15) is 5.10 Å². The van der Waals surface area contributed by atoms with E-state index in [4.69, 9.17) is 0 Å². The maximum Gasteiger partial charge on any atom is 0.191 e. The maximum atomic E-state index is 4.39. The summed E-state index contributed by atoms with van der Waals surface area (Å²) in [7, 11) is 1.84. The number of rotatable bonds is 8. The zero-order valence-electron chi connectivity index (χ0n) is 17.0. The number of benzene rings is 1. The van der Waals surface area contributed by atoms with Crippen molar-refractivity contribution in [3.63, 3.8) is 0 Å². The van der Waals surface area contributed by atoms with Crippen molar-refractivity contribution in [3.8, 4) is 0 Å². The predicted octanol–water partition coefficient (Wildman–Crippen LogP) is 2.95. The largest absolute Gasteiger partial charge is 0.356 e. The van der Waals surface area contributed by atoms with Crippen LogP contribution in [0.1, 0.15) is 30.9 Å². The average Bonchev–Trinajstić information content (AvgIpc) is 3.35. The summed E-state index contributed by atoms with van der Waals surface area (Å²) < 4.78 is 1.95. The summed E-state index contributed by atoms with van der Waals surface area (Å²) in [5.41, 5.74) is 2.54. The van der Waals surface area contributed by atoms with E-state index < -0.39 is 0 Å². The van der Waals surface area contributed by atoms with Gasteiger partial charge in [-0.1, -0.05) is 31.2 Å². The van der Waals surface area contributed by atoms with Crippen LogP contribution >= 0.6 is 24.0 Å². The highest BCUT2D eigenvalue weighted by atomic mass is 127. The van der Waals surface area contributed by atoms with E-state index in [9.17, 15) is 0 Å². The Morgan fingerprint density at radius 1 is 1.21 bits per heavy atom. The normalized spacial score (nSPS) is 17.4. The van der Waals surface area contributed by atoms with Gasteiger partial charge in [-0.15, -0.1) is 24.0 Å². The number of aromatic nitrogens is 2. The molecule has 0 aliphatic carbocycles. The van der Waals surface area contributed by atoms with Crippen LogP contribution in [0, 0.1) is 5.92 Å². The Morgan fingerprint density at radius 3 is 2.75 bits per heavy atom. The summed E-state index contributed by atoms with van der Waals surface area (Å²) in [4.78, 5) is 6.95. The molecule has 1 aromatic heterocycles. The Balaban J connectivity index is 0.00000280. The van der Waals surface area contributed by atoms with Crippen LogP contribution in [0.25, 0.3) is 0 Å². The van der Waals surface area contributed by atoms with Gasteiger partial charge in [0.15, 0.2) is 5.96 Å². The zero-order chi connectivity index (χ0) is 18.9. The van der Waals surface area contributed by atoms with E-state index in [1.54, 1.807) is 0 Å². The summed E-state index contributed by atoms with van der Waals surface area (Å²) >= 11 is 0. The number of hydrogen-bond acceptors (Lipinski definition) is 3. The van der Waals surface area contributed by atoms with Gasteiger partial charge in [0.2, 0.25) is 0 Å². The molecule has 28 heavy (non-hydrogen) atoms. The number of halogens is 1. The van der Waals surface area contributed by atoms with Gasteiger partial charge in [0.1, 0.15) is 0 Å². The highest BCUT2D eigenvalue weighted by Gasteiger charge is 2.21. The first-order valence-electron chi connectivity index (χ1n) is 9.99. The number of nitrogens with one attached hydrogen (secondary N) is 2. The Labute approximate surface area is 185 Å². The van der Waals surface area contributed by atoms with Crippen LogP contribution in [0.2, 0.25) is 0 Å². The third-order valence-corrected chi connectivity index (χ3v) is 5.15. The number of guanidine groups is 1. The molecule has 2 aromatic rings. The minimum Gasteiger partial charge on any atom is -0.356 e. The molecule has 1 saturated heterocycles. The van der Waals surface area contributed by atoms with E-state index in [1.165, 1.54) is 43.6 Å². The zero-order valence-corrected chi connectivity index (χ0v) is 19.3. The molecule has 2 N–H and O–H groups in total. The highest BCUT2D eigenvalue weighted by Crippen LogP contribution is 2.15. The van der Waals surface area contributed by atoms with E-state index in [0.29, 0.717) is 5.92 Å². The summed E-state index contributed by atoms with van der Waals surface area (Å²) in [6.45, 7) is 8.42. The average molecular weight is 496 g/mol. The molecule has 6 nitrogen and oxygen atoms in total. The molecule has 1 aliphatic rings. The smallest absolute Gasteiger partial charge is 0.191 e. The van der Waals surface area contributed by atoms with Crippen LogP contribution in [0.5, 0.6) is 0 Å². The van der Waals surface area contributed by atoms with Gasteiger partial charge in [-0.05, 0) is 49.0 Å². The SMILES string of the molecule is CCCN1CCC(CNC(=NC)NCc2ccccc2Cn2cccn2)C1.I. The molecular weight excluding hydrogens is 463 g/mol. The van der Waals surface area contributed by atoms with Crippen molar-refractivity contribution in [1.29, 1.82) is 0 Å². The monoisotopic (exact) mass is 496 g/mol. The standard InChI is InChI=1S/C21H32N6.HI/c1-3-11-26-13-9-18(16-26)14-23-21(22-2)24-15-19-7-4-5-8-20(19)17-27-12-6-10-25-27;/h4-8,10,12,18H,3,9,11,13-17H2,1-2H3,(H2,22,23,24);1H. The van der Waals surface area contributed by atoms with E-state index in [0.717, 1.165) is 25.6 Å². The minimum absolute atomic E-state index is 0. The Hall–Kier alpha value is -1.61. The van der Waals surface area contributed by atoms with Crippen LogP contribution < -0.4 is 10.6 Å². The van der Waals surface area contributed by atoms with E-state index in [2.05, 4.69) is 56.8 Å². The Morgan fingerprint density at radius 2 is 2.04 bits per heavy atom. The molecule has 1 aromatic carbocycles. The molecule has 0 radical (unpaired) electrons. The highest BCUT2D eigenvalue weighted by molar-refractivity contribution is 14.0. The molecule has 1 aliphatic heterocycles. The lowest BCUT2D eigenvalue weighted by Crippen LogP contribution is -2.40. The van der Waals surface area contributed by atoms with Crippen LogP contribution in [-0.4, -0.2) is 53.9 Å². The van der Waals surface area contributed by atoms with Crippen molar-refractivity contribution in [1.82, 2.24) is 25.3 Å². The van der Waals surface area contributed by atoms with Crippen molar-refractivity contribution in [2.75, 3.05) is 33.2 Å². The summed E-state index contributed by atoms with van der Waals surface area (Å²) in [5, 5.41) is 11.3. The van der Waals surface area contributed by atoms with Crippen LogP contribution in [0.15, 0.2) is 47.7 Å². The molecule has 7 heteroatoms. The van der Waals surface area contributed by atoms with Gasteiger partial charge in [0.25, 0.3) is 0 Å². The molecule has 3 rings (SSSR count). The van der Waals surface area contributed by atoms with Gasteiger partial charge >= 0.3 is 0 Å². The van der Waals surface area contributed by atoms with Crippen molar-refractivity contribution in [3.05, 3.63) is 53.9 Å². The molecular formula is C21H33IN6. The third-order valence-electron chi connectivity index (χ3n) is 5.15. The number of hydrogen-bond donors (Lipinski definition) is 2. The second-order valence-corrected chi connectivity index (χ2v) is 7.23. The van der Waals surface area contributed by atoms with E-state index in [1.807, 2.05) is 30.2 Å². The topological polar surface area (TPSA) is 57.5 Å². The molecule has 1 atom stereocenters. The lowest BCUT2D eigenvalue weighted by atomic mass is 10.1. The molecule has 2 heterocycles. The fraction of sp³-hybridized carbons (Fsp3) is 0.524. The number of nitrogens with zero attached hydrogens (tertiary/aromatic N) is 4. The Bertz CT molecular complexity index is 715. The van der Waals surface area contributed by atoms with Crippen LogP contribution in [0.4, 0.5) is 0 Å².